The summed E-state index contributed by atoms with van der Waals surface area (Å²) in [5, 5.41) is 0. The van der Waals surface area contributed by atoms with E-state index >= 15 is 0 Å². The number of hydrogen-bond donors (Lipinski definition) is 0. The van der Waals surface area contributed by atoms with Crippen molar-refractivity contribution in [3.63, 3.8) is 0 Å². The van der Waals surface area contributed by atoms with Gasteiger partial charge in [-0.05, 0) is 60.6 Å². The molecule has 1 rings (SSSR count). The van der Waals surface area contributed by atoms with Gasteiger partial charge >= 0.3 is 5.97 Å². The average molecular weight is 375 g/mol. The molecule has 1 aromatic rings. The lowest BCUT2D eigenvalue weighted by atomic mass is 9.93. The third-order valence-corrected chi connectivity index (χ3v) is 4.77. The molecule has 27 heavy (non-hydrogen) atoms. The number of esters is 1. The SMILES string of the molecule is CCCC/C(=C\c1cc(OC)c(CCC)cc1C)C(=O)C[C@H](C)C(=O)OC. The van der Waals surface area contributed by atoms with E-state index in [9.17, 15) is 9.59 Å². The van der Waals surface area contributed by atoms with Crippen LogP contribution in [-0.4, -0.2) is 26.0 Å². The number of methoxy groups -OCH3 is 2. The quantitative estimate of drug-likeness (QED) is 0.390. The zero-order chi connectivity index (χ0) is 20.4. The van der Waals surface area contributed by atoms with E-state index in [0.717, 1.165) is 48.1 Å². The van der Waals surface area contributed by atoms with E-state index in [4.69, 9.17) is 9.47 Å². The van der Waals surface area contributed by atoms with Gasteiger partial charge in [0, 0.05) is 6.42 Å². The number of unbranched alkanes of at least 4 members (excludes halogenated alkanes) is 1. The Morgan fingerprint density at radius 3 is 2.41 bits per heavy atom. The van der Waals surface area contributed by atoms with Crippen molar-refractivity contribution in [1.82, 2.24) is 0 Å². The van der Waals surface area contributed by atoms with E-state index in [2.05, 4.69) is 26.8 Å². The molecular formula is C23H34O4. The number of ketones is 1. The van der Waals surface area contributed by atoms with Crippen molar-refractivity contribution in [3.05, 3.63) is 34.4 Å². The van der Waals surface area contributed by atoms with E-state index in [1.165, 1.54) is 12.7 Å². The number of allylic oxidation sites excluding steroid dienone is 1. The molecule has 0 saturated carbocycles. The maximum atomic E-state index is 12.8. The standard InChI is InChI=1S/C23H34O4/c1-7-9-11-18(21(24)13-17(4)23(25)27-6)14-20-15-22(26-5)19(10-8-2)12-16(20)3/h12,14-15,17H,7-11,13H2,1-6H3/b18-14+/t17-/m0/s1. The summed E-state index contributed by atoms with van der Waals surface area (Å²) in [6, 6.07) is 4.16. The lowest BCUT2D eigenvalue weighted by Crippen LogP contribution is -2.18. The van der Waals surface area contributed by atoms with Gasteiger partial charge in [-0.15, -0.1) is 0 Å². The number of rotatable bonds is 11. The van der Waals surface area contributed by atoms with Crippen molar-refractivity contribution in [2.75, 3.05) is 14.2 Å². The number of aryl methyl sites for hydroxylation is 2. The maximum absolute atomic E-state index is 12.8. The smallest absolute Gasteiger partial charge is 0.308 e. The van der Waals surface area contributed by atoms with Gasteiger partial charge in [-0.2, -0.15) is 0 Å². The fraction of sp³-hybridized carbons (Fsp3) is 0.565. The van der Waals surface area contributed by atoms with Crippen LogP contribution in [-0.2, 0) is 20.7 Å². The average Bonchev–Trinajstić information content (AvgIpc) is 2.65. The summed E-state index contributed by atoms with van der Waals surface area (Å²) < 4.78 is 10.3. The van der Waals surface area contributed by atoms with Crippen molar-refractivity contribution in [1.29, 1.82) is 0 Å². The minimum absolute atomic E-state index is 0.0114. The summed E-state index contributed by atoms with van der Waals surface area (Å²) in [7, 11) is 3.03. The van der Waals surface area contributed by atoms with Crippen LogP contribution in [0.3, 0.4) is 0 Å². The second-order valence-corrected chi connectivity index (χ2v) is 7.10. The molecule has 0 aliphatic rings. The number of Topliss-reactive ketones (excluding diaryl/α,β-unsaturated/α-hetero) is 1. The maximum Gasteiger partial charge on any atom is 0.308 e. The first-order valence-corrected chi connectivity index (χ1v) is 9.86. The molecule has 4 heteroatoms. The molecule has 0 unspecified atom stereocenters. The Bertz CT molecular complexity index is 673. The molecule has 1 atom stereocenters. The van der Waals surface area contributed by atoms with Crippen LogP contribution in [0.1, 0.15) is 69.6 Å². The zero-order valence-corrected chi connectivity index (χ0v) is 17.7. The van der Waals surface area contributed by atoms with E-state index in [1.54, 1.807) is 14.0 Å². The number of benzene rings is 1. The van der Waals surface area contributed by atoms with Gasteiger partial charge in [-0.25, -0.2) is 0 Å². The van der Waals surface area contributed by atoms with Crippen LogP contribution in [0.4, 0.5) is 0 Å². The summed E-state index contributed by atoms with van der Waals surface area (Å²) in [6.45, 7) is 8.04. The molecule has 4 nitrogen and oxygen atoms in total. The number of carbonyl (C=O) groups excluding carboxylic acids is 2. The van der Waals surface area contributed by atoms with E-state index in [1.807, 2.05) is 12.1 Å². The minimum atomic E-state index is -0.435. The summed E-state index contributed by atoms with van der Waals surface area (Å²) in [5.74, 6) is 0.0892. The number of carbonyl (C=O) groups is 2. The number of ether oxygens (including phenoxy) is 2. The Labute approximate surface area is 163 Å². The highest BCUT2D eigenvalue weighted by Gasteiger charge is 2.20. The largest absolute Gasteiger partial charge is 0.496 e. The van der Waals surface area contributed by atoms with Crippen molar-refractivity contribution in [2.45, 2.75) is 66.2 Å². The molecule has 0 saturated heterocycles. The predicted octanol–water partition coefficient (Wildman–Crippen LogP) is 5.30. The summed E-state index contributed by atoms with van der Waals surface area (Å²) >= 11 is 0. The van der Waals surface area contributed by atoms with Gasteiger partial charge in [0.2, 0.25) is 0 Å². The fourth-order valence-corrected chi connectivity index (χ4v) is 3.11. The second kappa shape index (κ2) is 11.6. The lowest BCUT2D eigenvalue weighted by Gasteiger charge is -2.14. The highest BCUT2D eigenvalue weighted by atomic mass is 16.5. The first-order valence-electron chi connectivity index (χ1n) is 9.86. The minimum Gasteiger partial charge on any atom is -0.496 e. The highest BCUT2D eigenvalue weighted by molar-refractivity contribution is 6.01. The van der Waals surface area contributed by atoms with Crippen LogP contribution in [0, 0.1) is 12.8 Å². The molecule has 0 aliphatic heterocycles. The molecule has 0 fully saturated rings. The molecule has 0 bridgehead atoms. The van der Waals surface area contributed by atoms with Gasteiger partial charge in [0.05, 0.1) is 20.1 Å². The van der Waals surface area contributed by atoms with Crippen LogP contribution >= 0.6 is 0 Å². The molecule has 0 radical (unpaired) electrons. The Hall–Kier alpha value is -2.10. The predicted molar refractivity (Wildman–Crippen MR) is 110 cm³/mol. The third-order valence-electron chi connectivity index (χ3n) is 4.77. The van der Waals surface area contributed by atoms with Gasteiger partial charge in [-0.3, -0.25) is 9.59 Å². The fourth-order valence-electron chi connectivity index (χ4n) is 3.11. The van der Waals surface area contributed by atoms with Crippen molar-refractivity contribution >= 4 is 17.8 Å². The molecule has 0 spiro atoms. The van der Waals surface area contributed by atoms with Crippen molar-refractivity contribution in [3.8, 4) is 5.75 Å². The highest BCUT2D eigenvalue weighted by Crippen LogP contribution is 2.28. The Morgan fingerprint density at radius 1 is 1.15 bits per heavy atom. The van der Waals surface area contributed by atoms with E-state index in [-0.39, 0.29) is 18.2 Å². The summed E-state index contributed by atoms with van der Waals surface area (Å²) in [5.41, 5.74) is 4.08. The van der Waals surface area contributed by atoms with Crippen LogP contribution < -0.4 is 4.74 Å². The number of hydrogen-bond acceptors (Lipinski definition) is 4. The van der Waals surface area contributed by atoms with E-state index in [0.29, 0.717) is 6.42 Å². The van der Waals surface area contributed by atoms with E-state index < -0.39 is 5.92 Å². The van der Waals surface area contributed by atoms with Gasteiger partial charge in [0.25, 0.3) is 0 Å². The molecule has 0 aromatic heterocycles. The third kappa shape index (κ3) is 6.85. The van der Waals surface area contributed by atoms with Crippen LogP contribution in [0.25, 0.3) is 6.08 Å². The van der Waals surface area contributed by atoms with Gasteiger partial charge in [-0.1, -0.05) is 39.7 Å². The molecule has 150 valence electrons. The summed E-state index contributed by atoms with van der Waals surface area (Å²) in [4.78, 5) is 24.5. The lowest BCUT2D eigenvalue weighted by molar-refractivity contribution is -0.146. The van der Waals surface area contributed by atoms with Crippen LogP contribution in [0.5, 0.6) is 5.75 Å². The normalized spacial score (nSPS) is 12.6. The van der Waals surface area contributed by atoms with Gasteiger partial charge in [0.1, 0.15) is 5.75 Å². The molecule has 1 aromatic carbocycles. The molecule has 0 aliphatic carbocycles. The second-order valence-electron chi connectivity index (χ2n) is 7.10. The summed E-state index contributed by atoms with van der Waals surface area (Å²) in [6.07, 6.45) is 6.82. The Balaban J connectivity index is 3.20. The molecular weight excluding hydrogens is 340 g/mol. The monoisotopic (exact) mass is 374 g/mol. The molecule has 0 N–H and O–H groups in total. The molecule has 0 heterocycles. The zero-order valence-electron chi connectivity index (χ0n) is 17.7. The van der Waals surface area contributed by atoms with Crippen molar-refractivity contribution < 1.29 is 19.1 Å². The Kier molecular flexibility index (Phi) is 9.84. The van der Waals surface area contributed by atoms with Gasteiger partial charge < -0.3 is 9.47 Å². The van der Waals surface area contributed by atoms with Crippen LogP contribution in [0.15, 0.2) is 17.7 Å². The Morgan fingerprint density at radius 2 is 1.85 bits per heavy atom. The first kappa shape index (κ1) is 22.9. The van der Waals surface area contributed by atoms with Gasteiger partial charge in [0.15, 0.2) is 5.78 Å². The van der Waals surface area contributed by atoms with Crippen molar-refractivity contribution in [2.24, 2.45) is 5.92 Å². The topological polar surface area (TPSA) is 52.6 Å². The molecule has 0 amide bonds. The van der Waals surface area contributed by atoms with Crippen LogP contribution in [0.2, 0.25) is 0 Å². The first-order chi connectivity index (χ1) is 12.9.